The second-order valence-corrected chi connectivity index (χ2v) is 6.77. The van der Waals surface area contributed by atoms with Gasteiger partial charge in [0.1, 0.15) is 0 Å². The van der Waals surface area contributed by atoms with Crippen LogP contribution < -0.4 is 15.5 Å². The Kier molecular flexibility index (Phi) is 5.48. The van der Waals surface area contributed by atoms with Crippen LogP contribution in [0.15, 0.2) is 36.7 Å². The molecule has 0 atom stereocenters. The van der Waals surface area contributed by atoms with Gasteiger partial charge in [-0.15, -0.1) is 0 Å². The van der Waals surface area contributed by atoms with Crippen LogP contribution in [-0.2, 0) is 0 Å². The van der Waals surface area contributed by atoms with Crippen molar-refractivity contribution in [3.05, 3.63) is 42.2 Å². The van der Waals surface area contributed by atoms with Crippen molar-refractivity contribution in [2.45, 2.75) is 26.7 Å². The van der Waals surface area contributed by atoms with E-state index in [1.54, 1.807) is 12.4 Å². The fourth-order valence-corrected chi connectivity index (χ4v) is 2.77. The number of carbonyl (C=O) groups is 1. The Labute approximate surface area is 148 Å². The van der Waals surface area contributed by atoms with Crippen molar-refractivity contribution in [2.75, 3.05) is 29.9 Å². The van der Waals surface area contributed by atoms with Crippen LogP contribution in [0, 0.1) is 5.92 Å². The lowest BCUT2D eigenvalue weighted by molar-refractivity contribution is 0.0948. The van der Waals surface area contributed by atoms with Crippen molar-refractivity contribution in [3.8, 4) is 0 Å². The summed E-state index contributed by atoms with van der Waals surface area (Å²) in [5.74, 6) is 0.749. The van der Waals surface area contributed by atoms with Crippen molar-refractivity contribution in [2.24, 2.45) is 5.92 Å². The van der Waals surface area contributed by atoms with Gasteiger partial charge in [-0.05, 0) is 43.0 Å². The molecule has 1 fully saturated rings. The number of nitrogens with one attached hydrogen (secondary N) is 2. The van der Waals surface area contributed by atoms with E-state index in [0.29, 0.717) is 24.0 Å². The monoisotopic (exact) mass is 339 g/mol. The SMILES string of the molecule is CC(C)CNC(=O)c1cnc(Nc2ccc(N3CCCC3)cc2)nc1. The summed E-state index contributed by atoms with van der Waals surface area (Å²) in [4.78, 5) is 22.8. The number of aromatic nitrogens is 2. The van der Waals surface area contributed by atoms with Crippen molar-refractivity contribution >= 4 is 23.2 Å². The van der Waals surface area contributed by atoms with E-state index in [4.69, 9.17) is 0 Å². The molecule has 0 spiro atoms. The molecule has 2 aromatic rings. The molecule has 0 unspecified atom stereocenters. The van der Waals surface area contributed by atoms with E-state index in [1.807, 2.05) is 12.1 Å². The zero-order valence-electron chi connectivity index (χ0n) is 14.8. The maximum absolute atomic E-state index is 12.0. The van der Waals surface area contributed by atoms with Gasteiger partial charge < -0.3 is 15.5 Å². The zero-order valence-corrected chi connectivity index (χ0v) is 14.8. The second-order valence-electron chi connectivity index (χ2n) is 6.77. The summed E-state index contributed by atoms with van der Waals surface area (Å²) in [6.45, 7) is 7.02. The molecule has 1 saturated heterocycles. The number of benzene rings is 1. The molecule has 0 saturated carbocycles. The van der Waals surface area contributed by atoms with Crippen LogP contribution in [-0.4, -0.2) is 35.5 Å². The van der Waals surface area contributed by atoms with E-state index in [2.05, 4.69) is 51.5 Å². The number of carbonyl (C=O) groups excluding carboxylic acids is 1. The predicted molar refractivity (Wildman–Crippen MR) is 100 cm³/mol. The highest BCUT2D eigenvalue weighted by molar-refractivity contribution is 5.93. The average molecular weight is 339 g/mol. The number of anilines is 3. The smallest absolute Gasteiger partial charge is 0.254 e. The first kappa shape index (κ1) is 17.2. The van der Waals surface area contributed by atoms with Gasteiger partial charge in [0.15, 0.2) is 0 Å². The molecule has 2 N–H and O–H groups in total. The average Bonchev–Trinajstić information content (AvgIpc) is 3.15. The van der Waals surface area contributed by atoms with E-state index >= 15 is 0 Å². The zero-order chi connectivity index (χ0) is 17.6. The van der Waals surface area contributed by atoms with Crippen LogP contribution in [0.3, 0.4) is 0 Å². The summed E-state index contributed by atoms with van der Waals surface area (Å²) >= 11 is 0. The third-order valence-electron chi connectivity index (χ3n) is 4.18. The molecule has 6 heteroatoms. The van der Waals surface area contributed by atoms with Gasteiger partial charge in [0.2, 0.25) is 5.95 Å². The van der Waals surface area contributed by atoms with Crippen molar-refractivity contribution in [1.29, 1.82) is 0 Å². The number of amides is 1. The van der Waals surface area contributed by atoms with E-state index in [-0.39, 0.29) is 5.91 Å². The molecule has 2 heterocycles. The summed E-state index contributed by atoms with van der Waals surface area (Å²) in [5, 5.41) is 6.02. The third kappa shape index (κ3) is 4.68. The molecule has 132 valence electrons. The summed E-state index contributed by atoms with van der Waals surface area (Å²) in [6.07, 6.45) is 5.63. The summed E-state index contributed by atoms with van der Waals surface area (Å²) in [6, 6.07) is 8.28. The van der Waals surface area contributed by atoms with Gasteiger partial charge in [0.05, 0.1) is 5.56 Å². The fraction of sp³-hybridized carbons (Fsp3) is 0.421. The summed E-state index contributed by atoms with van der Waals surface area (Å²) in [7, 11) is 0. The molecular formula is C19H25N5O. The van der Waals surface area contributed by atoms with Gasteiger partial charge in [-0.25, -0.2) is 9.97 Å². The lowest BCUT2D eigenvalue weighted by Crippen LogP contribution is -2.27. The molecule has 0 aliphatic carbocycles. The Morgan fingerprint density at radius 3 is 2.36 bits per heavy atom. The van der Waals surface area contributed by atoms with Crippen molar-refractivity contribution in [1.82, 2.24) is 15.3 Å². The highest BCUT2D eigenvalue weighted by Gasteiger charge is 2.12. The van der Waals surface area contributed by atoms with Crippen LogP contribution >= 0.6 is 0 Å². The summed E-state index contributed by atoms with van der Waals surface area (Å²) in [5.41, 5.74) is 2.65. The van der Waals surface area contributed by atoms with E-state index < -0.39 is 0 Å². The molecule has 0 bridgehead atoms. The van der Waals surface area contributed by atoms with Gasteiger partial charge >= 0.3 is 0 Å². The van der Waals surface area contributed by atoms with E-state index in [9.17, 15) is 4.79 Å². The molecule has 1 aromatic carbocycles. The minimum Gasteiger partial charge on any atom is -0.372 e. The number of hydrogen-bond acceptors (Lipinski definition) is 5. The lowest BCUT2D eigenvalue weighted by Gasteiger charge is -2.17. The Bertz CT molecular complexity index is 691. The highest BCUT2D eigenvalue weighted by atomic mass is 16.1. The Morgan fingerprint density at radius 1 is 1.12 bits per heavy atom. The van der Waals surface area contributed by atoms with Crippen LogP contribution in [0.2, 0.25) is 0 Å². The van der Waals surface area contributed by atoms with E-state index in [0.717, 1.165) is 18.8 Å². The first-order valence-electron chi connectivity index (χ1n) is 8.84. The highest BCUT2D eigenvalue weighted by Crippen LogP contribution is 2.23. The molecule has 25 heavy (non-hydrogen) atoms. The quantitative estimate of drug-likeness (QED) is 0.846. The Hall–Kier alpha value is -2.63. The first-order chi connectivity index (χ1) is 12.1. The minimum atomic E-state index is -0.143. The van der Waals surface area contributed by atoms with Crippen LogP contribution in [0.25, 0.3) is 0 Å². The molecule has 1 aliphatic rings. The standard InChI is InChI=1S/C19H25N5O/c1-14(2)11-20-18(25)15-12-21-19(22-13-15)23-16-5-7-17(8-6-16)24-9-3-4-10-24/h5-8,12-14H,3-4,9-11H2,1-2H3,(H,20,25)(H,21,22,23). The molecular weight excluding hydrogens is 314 g/mol. The maximum Gasteiger partial charge on any atom is 0.254 e. The predicted octanol–water partition coefficient (Wildman–Crippen LogP) is 3.21. The van der Waals surface area contributed by atoms with Gasteiger partial charge in [-0.1, -0.05) is 13.8 Å². The lowest BCUT2D eigenvalue weighted by atomic mass is 10.2. The second kappa shape index (κ2) is 7.96. The van der Waals surface area contributed by atoms with Gasteiger partial charge in [-0.3, -0.25) is 4.79 Å². The number of hydrogen-bond donors (Lipinski definition) is 2. The number of nitrogens with zero attached hydrogens (tertiary/aromatic N) is 3. The van der Waals surface area contributed by atoms with Crippen LogP contribution in [0.1, 0.15) is 37.0 Å². The molecule has 1 amide bonds. The van der Waals surface area contributed by atoms with Crippen LogP contribution in [0.4, 0.5) is 17.3 Å². The topological polar surface area (TPSA) is 70.2 Å². The normalized spacial score (nSPS) is 14.0. The number of rotatable bonds is 6. The first-order valence-corrected chi connectivity index (χ1v) is 8.84. The molecule has 6 nitrogen and oxygen atoms in total. The molecule has 1 aromatic heterocycles. The molecule has 0 radical (unpaired) electrons. The third-order valence-corrected chi connectivity index (χ3v) is 4.18. The van der Waals surface area contributed by atoms with Crippen molar-refractivity contribution in [3.63, 3.8) is 0 Å². The minimum absolute atomic E-state index is 0.143. The Morgan fingerprint density at radius 2 is 1.76 bits per heavy atom. The molecule has 3 rings (SSSR count). The van der Waals surface area contributed by atoms with Gasteiger partial charge in [0.25, 0.3) is 5.91 Å². The molecule has 1 aliphatic heterocycles. The van der Waals surface area contributed by atoms with Crippen molar-refractivity contribution < 1.29 is 4.79 Å². The maximum atomic E-state index is 12.0. The van der Waals surface area contributed by atoms with Gasteiger partial charge in [-0.2, -0.15) is 0 Å². The fourth-order valence-electron chi connectivity index (χ4n) is 2.77. The van der Waals surface area contributed by atoms with Crippen LogP contribution in [0.5, 0.6) is 0 Å². The largest absolute Gasteiger partial charge is 0.372 e. The Balaban J connectivity index is 1.58. The van der Waals surface area contributed by atoms with E-state index in [1.165, 1.54) is 18.5 Å². The van der Waals surface area contributed by atoms with Gasteiger partial charge in [0, 0.05) is 43.4 Å². The summed E-state index contributed by atoms with van der Waals surface area (Å²) < 4.78 is 0.